The Morgan fingerprint density at radius 1 is 1.38 bits per heavy atom. The lowest BCUT2D eigenvalue weighted by molar-refractivity contribution is -0.122. The molecule has 3 rings (SSSR count). The van der Waals surface area contributed by atoms with Crippen molar-refractivity contribution < 1.29 is 4.79 Å². The van der Waals surface area contributed by atoms with Crippen molar-refractivity contribution in [2.45, 2.75) is 37.8 Å². The van der Waals surface area contributed by atoms with Crippen LogP contribution in [0.5, 0.6) is 0 Å². The second-order valence-corrected chi connectivity index (χ2v) is 6.40. The number of nitrogens with two attached hydrogens (primary N) is 1. The zero-order valence-electron chi connectivity index (χ0n) is 11.8. The molecule has 5 heteroatoms. The van der Waals surface area contributed by atoms with Crippen LogP contribution in [0.2, 0.25) is 0 Å². The fourth-order valence-corrected chi connectivity index (χ4v) is 3.04. The summed E-state index contributed by atoms with van der Waals surface area (Å²) in [6, 6.07) is 9.31. The van der Waals surface area contributed by atoms with Crippen LogP contribution in [-0.4, -0.2) is 16.9 Å². The molecule has 0 saturated heterocycles. The maximum Gasteiger partial charge on any atom is 0.237 e. The van der Waals surface area contributed by atoms with E-state index < -0.39 is 6.04 Å². The van der Waals surface area contributed by atoms with Crippen LogP contribution in [0.15, 0.2) is 35.7 Å². The molecular weight excluding hydrogens is 282 g/mol. The van der Waals surface area contributed by atoms with Gasteiger partial charge in [0.1, 0.15) is 5.01 Å². The Morgan fingerprint density at radius 3 is 2.86 bits per heavy atom. The zero-order valence-corrected chi connectivity index (χ0v) is 12.6. The van der Waals surface area contributed by atoms with Gasteiger partial charge in [-0.3, -0.25) is 4.79 Å². The maximum absolute atomic E-state index is 12.0. The highest BCUT2D eigenvalue weighted by Gasteiger charge is 2.26. The van der Waals surface area contributed by atoms with Gasteiger partial charge in [0.05, 0.1) is 18.3 Å². The smallest absolute Gasteiger partial charge is 0.237 e. The summed E-state index contributed by atoms with van der Waals surface area (Å²) in [5, 5.41) is 5.93. The highest BCUT2D eigenvalue weighted by atomic mass is 32.1. The molecule has 0 radical (unpaired) electrons. The molecule has 3 N–H and O–H groups in total. The molecule has 4 nitrogen and oxygen atoms in total. The topological polar surface area (TPSA) is 68.0 Å². The molecule has 21 heavy (non-hydrogen) atoms. The lowest BCUT2D eigenvalue weighted by atomic mass is 10.1. The summed E-state index contributed by atoms with van der Waals surface area (Å²) in [5.41, 5.74) is 8.20. The van der Waals surface area contributed by atoms with Gasteiger partial charge in [0, 0.05) is 11.3 Å². The lowest BCUT2D eigenvalue weighted by Gasteiger charge is -2.11. The van der Waals surface area contributed by atoms with Gasteiger partial charge in [-0.1, -0.05) is 30.3 Å². The molecule has 1 heterocycles. The number of carbonyl (C=O) groups is 1. The third-order valence-corrected chi connectivity index (χ3v) is 4.48. The summed E-state index contributed by atoms with van der Waals surface area (Å²) in [4.78, 5) is 16.6. The summed E-state index contributed by atoms with van der Waals surface area (Å²) in [6.07, 6.45) is 3.05. The molecule has 1 aliphatic carbocycles. The van der Waals surface area contributed by atoms with Gasteiger partial charge in [0.25, 0.3) is 0 Å². The van der Waals surface area contributed by atoms with Crippen LogP contribution in [0.3, 0.4) is 0 Å². The van der Waals surface area contributed by atoms with Crippen molar-refractivity contribution in [2.24, 2.45) is 5.73 Å². The summed E-state index contributed by atoms with van der Waals surface area (Å²) in [5.74, 6) is 0.535. The number of carbonyl (C=O) groups excluding carboxylic acids is 1. The van der Waals surface area contributed by atoms with Crippen molar-refractivity contribution in [1.29, 1.82) is 0 Å². The largest absolute Gasteiger partial charge is 0.348 e. The predicted octanol–water partition coefficient (Wildman–Crippen LogP) is 2.21. The number of hydrogen-bond donors (Lipinski definition) is 2. The van der Waals surface area contributed by atoms with Gasteiger partial charge in [-0.25, -0.2) is 4.98 Å². The quantitative estimate of drug-likeness (QED) is 0.859. The van der Waals surface area contributed by atoms with E-state index in [-0.39, 0.29) is 5.91 Å². The molecule has 1 fully saturated rings. The Hall–Kier alpha value is -1.72. The maximum atomic E-state index is 12.0. The second kappa shape index (κ2) is 6.37. The monoisotopic (exact) mass is 301 g/mol. The summed E-state index contributed by atoms with van der Waals surface area (Å²) in [7, 11) is 0. The predicted molar refractivity (Wildman–Crippen MR) is 84.1 cm³/mol. The Bertz CT molecular complexity index is 607. The Balaban J connectivity index is 1.48. The van der Waals surface area contributed by atoms with E-state index in [2.05, 4.69) is 15.7 Å². The third-order valence-electron chi connectivity index (χ3n) is 3.61. The molecule has 1 unspecified atom stereocenters. The average Bonchev–Trinajstić information content (AvgIpc) is 3.25. The summed E-state index contributed by atoms with van der Waals surface area (Å²) >= 11 is 1.61. The van der Waals surface area contributed by atoms with Crippen LogP contribution in [0.25, 0.3) is 0 Å². The van der Waals surface area contributed by atoms with Crippen molar-refractivity contribution in [3.8, 4) is 0 Å². The van der Waals surface area contributed by atoms with Crippen LogP contribution >= 0.6 is 11.3 Å². The van der Waals surface area contributed by atoms with E-state index in [1.54, 1.807) is 11.3 Å². The third kappa shape index (κ3) is 3.89. The van der Waals surface area contributed by atoms with Crippen molar-refractivity contribution >= 4 is 17.2 Å². The van der Waals surface area contributed by atoms with Crippen molar-refractivity contribution in [1.82, 2.24) is 10.3 Å². The van der Waals surface area contributed by atoms with E-state index in [1.807, 2.05) is 30.3 Å². The van der Waals surface area contributed by atoms with Gasteiger partial charge >= 0.3 is 0 Å². The molecule has 1 saturated carbocycles. The fourth-order valence-electron chi connectivity index (χ4n) is 2.23. The normalized spacial score (nSPS) is 15.7. The van der Waals surface area contributed by atoms with E-state index in [4.69, 9.17) is 5.73 Å². The van der Waals surface area contributed by atoms with Crippen LogP contribution in [0, 0.1) is 0 Å². The number of nitrogens with zero attached hydrogens (tertiary/aromatic N) is 1. The van der Waals surface area contributed by atoms with Crippen molar-refractivity contribution in [3.05, 3.63) is 52.0 Å². The number of benzene rings is 1. The van der Waals surface area contributed by atoms with E-state index in [0.717, 1.165) is 10.6 Å². The van der Waals surface area contributed by atoms with Crippen LogP contribution < -0.4 is 11.1 Å². The molecule has 1 aromatic carbocycles. The first-order valence-corrected chi connectivity index (χ1v) is 8.12. The molecule has 1 aromatic heterocycles. The number of hydrogen-bond acceptors (Lipinski definition) is 4. The number of nitrogens with one attached hydrogen (secondary N) is 1. The Kier molecular flexibility index (Phi) is 4.31. The minimum absolute atomic E-state index is 0.123. The van der Waals surface area contributed by atoms with Gasteiger partial charge in [0.15, 0.2) is 0 Å². The highest BCUT2D eigenvalue weighted by Crippen LogP contribution is 2.40. The van der Waals surface area contributed by atoms with Crippen LogP contribution in [0.1, 0.15) is 35.0 Å². The fraction of sp³-hybridized carbons (Fsp3) is 0.375. The lowest BCUT2D eigenvalue weighted by Crippen LogP contribution is -2.41. The first-order valence-electron chi connectivity index (χ1n) is 7.24. The number of aromatic nitrogens is 1. The van der Waals surface area contributed by atoms with Gasteiger partial charge in [-0.2, -0.15) is 0 Å². The zero-order chi connectivity index (χ0) is 14.7. The van der Waals surface area contributed by atoms with E-state index >= 15 is 0 Å². The summed E-state index contributed by atoms with van der Waals surface area (Å²) < 4.78 is 0. The SMILES string of the molecule is NC(Cc1ccccc1)C(=O)NCc1nc(C2CC2)cs1. The van der Waals surface area contributed by atoms with Crippen molar-refractivity contribution in [3.63, 3.8) is 0 Å². The molecule has 1 amide bonds. The Morgan fingerprint density at radius 2 is 2.14 bits per heavy atom. The molecule has 0 aliphatic heterocycles. The molecule has 0 spiro atoms. The van der Waals surface area contributed by atoms with Crippen molar-refractivity contribution in [2.75, 3.05) is 0 Å². The van der Waals surface area contributed by atoms with Gasteiger partial charge in [-0.15, -0.1) is 11.3 Å². The van der Waals surface area contributed by atoms with E-state index in [0.29, 0.717) is 18.9 Å². The standard InChI is InChI=1S/C16H19N3OS/c17-13(8-11-4-2-1-3-5-11)16(20)18-9-15-19-14(10-21-15)12-6-7-12/h1-5,10,12-13H,6-9,17H2,(H,18,20). The second-order valence-electron chi connectivity index (χ2n) is 5.45. The first-order chi connectivity index (χ1) is 10.2. The number of amides is 1. The molecule has 1 aliphatic rings. The number of thiazole rings is 1. The minimum Gasteiger partial charge on any atom is -0.348 e. The van der Waals surface area contributed by atoms with E-state index in [9.17, 15) is 4.79 Å². The van der Waals surface area contributed by atoms with Gasteiger partial charge in [-0.05, 0) is 24.8 Å². The van der Waals surface area contributed by atoms with Crippen LogP contribution in [-0.2, 0) is 17.8 Å². The summed E-state index contributed by atoms with van der Waals surface area (Å²) in [6.45, 7) is 0.471. The van der Waals surface area contributed by atoms with Crippen LogP contribution in [0.4, 0.5) is 0 Å². The van der Waals surface area contributed by atoms with Gasteiger partial charge in [0.2, 0.25) is 5.91 Å². The number of rotatable bonds is 6. The van der Waals surface area contributed by atoms with E-state index in [1.165, 1.54) is 18.5 Å². The molecular formula is C16H19N3OS. The van der Waals surface area contributed by atoms with Gasteiger partial charge < -0.3 is 11.1 Å². The molecule has 0 bridgehead atoms. The average molecular weight is 301 g/mol. The highest BCUT2D eigenvalue weighted by molar-refractivity contribution is 7.09. The molecule has 2 aromatic rings. The minimum atomic E-state index is -0.518. The first kappa shape index (κ1) is 14.2. The molecule has 1 atom stereocenters. The Labute approximate surface area is 128 Å². The molecule has 110 valence electrons.